The minimum atomic E-state index is -3.28. The number of nitro benzene ring substituents is 1. The number of carbonyl (C=O) groups excluding carboxylic acids is 1. The first kappa shape index (κ1) is 20.3. The van der Waals surface area contributed by atoms with Crippen LogP contribution in [-0.2, 0) is 14.6 Å². The molecule has 0 N–H and O–H groups in total. The number of para-hydroxylation sites is 1. The molecule has 2 rings (SSSR count). The molecule has 1 amide bonds. The molecule has 0 aliphatic carbocycles. The van der Waals surface area contributed by atoms with Crippen LogP contribution in [0.1, 0.15) is 24.1 Å². The van der Waals surface area contributed by atoms with Crippen LogP contribution in [0.4, 0.5) is 5.69 Å². The van der Waals surface area contributed by atoms with Crippen molar-refractivity contribution in [2.75, 3.05) is 13.3 Å². The van der Waals surface area contributed by atoms with Crippen LogP contribution in [-0.4, -0.2) is 37.5 Å². The molecule has 1 unspecified atom stereocenters. The van der Waals surface area contributed by atoms with Gasteiger partial charge in [-0.1, -0.05) is 24.3 Å². The number of rotatable bonds is 6. The number of hydrogen-bond acceptors (Lipinski definition) is 5. The molecule has 7 nitrogen and oxygen atoms in total. The van der Waals surface area contributed by atoms with Gasteiger partial charge in [0.15, 0.2) is 9.84 Å². The van der Waals surface area contributed by atoms with Crippen LogP contribution in [0, 0.1) is 10.1 Å². The number of likely N-dealkylation sites (N-methyl/N-ethyl adjacent to an activating group) is 1. The van der Waals surface area contributed by atoms with Gasteiger partial charge in [0.25, 0.3) is 5.69 Å². The van der Waals surface area contributed by atoms with Gasteiger partial charge < -0.3 is 4.90 Å². The molecule has 0 heterocycles. The second-order valence-corrected chi connectivity index (χ2v) is 8.13. The van der Waals surface area contributed by atoms with Crippen LogP contribution in [0.3, 0.4) is 0 Å². The standard InChI is InChI=1S/C19H20N2O5S/c1-14(15-8-11-17(12-9-15)27(3,25)26)20(2)19(22)13-10-16-6-4-5-7-18(16)21(23)24/h4-14H,1-3H3. The van der Waals surface area contributed by atoms with E-state index in [1.807, 2.05) is 6.92 Å². The van der Waals surface area contributed by atoms with Gasteiger partial charge in [-0.3, -0.25) is 14.9 Å². The van der Waals surface area contributed by atoms with E-state index in [-0.39, 0.29) is 22.5 Å². The van der Waals surface area contributed by atoms with E-state index < -0.39 is 14.8 Å². The zero-order valence-corrected chi connectivity index (χ0v) is 16.0. The number of hydrogen-bond donors (Lipinski definition) is 0. The first-order valence-corrected chi connectivity index (χ1v) is 9.98. The number of benzene rings is 2. The normalized spacial score (nSPS) is 12.7. The lowest BCUT2D eigenvalue weighted by molar-refractivity contribution is -0.385. The summed E-state index contributed by atoms with van der Waals surface area (Å²) in [4.78, 5) is 24.6. The fraction of sp³-hybridized carbons (Fsp3) is 0.211. The van der Waals surface area contributed by atoms with Gasteiger partial charge in [0.05, 0.1) is 21.4 Å². The quantitative estimate of drug-likeness (QED) is 0.430. The third-order valence-electron chi connectivity index (χ3n) is 4.26. The molecular formula is C19H20N2O5S. The molecule has 0 aliphatic rings. The number of amides is 1. The Morgan fingerprint density at radius 3 is 2.30 bits per heavy atom. The highest BCUT2D eigenvalue weighted by Crippen LogP contribution is 2.22. The van der Waals surface area contributed by atoms with Gasteiger partial charge in [-0.05, 0) is 36.8 Å². The summed E-state index contributed by atoms with van der Waals surface area (Å²) in [6, 6.07) is 12.2. The van der Waals surface area contributed by atoms with Crippen LogP contribution < -0.4 is 0 Å². The van der Waals surface area contributed by atoms with Crippen molar-refractivity contribution < 1.29 is 18.1 Å². The van der Waals surface area contributed by atoms with Crippen molar-refractivity contribution in [2.45, 2.75) is 17.9 Å². The number of nitrogens with zero attached hydrogens (tertiary/aromatic N) is 2. The molecule has 142 valence electrons. The van der Waals surface area contributed by atoms with Gasteiger partial charge in [-0.15, -0.1) is 0 Å². The Morgan fingerprint density at radius 2 is 1.74 bits per heavy atom. The van der Waals surface area contributed by atoms with Gasteiger partial charge in [0.2, 0.25) is 5.91 Å². The highest BCUT2D eigenvalue weighted by atomic mass is 32.2. The minimum Gasteiger partial charge on any atom is -0.335 e. The molecule has 0 saturated carbocycles. The van der Waals surface area contributed by atoms with E-state index >= 15 is 0 Å². The number of nitro groups is 1. The van der Waals surface area contributed by atoms with Gasteiger partial charge in [-0.25, -0.2) is 8.42 Å². The van der Waals surface area contributed by atoms with E-state index in [0.29, 0.717) is 5.56 Å². The Hall–Kier alpha value is -3.00. The molecule has 0 saturated heterocycles. The van der Waals surface area contributed by atoms with Crippen molar-refractivity contribution in [2.24, 2.45) is 0 Å². The Labute approximate surface area is 158 Å². The minimum absolute atomic E-state index is 0.0754. The molecule has 0 bridgehead atoms. The average Bonchev–Trinajstić information content (AvgIpc) is 2.64. The summed E-state index contributed by atoms with van der Waals surface area (Å²) in [6.07, 6.45) is 3.83. The zero-order chi connectivity index (χ0) is 20.2. The first-order chi connectivity index (χ1) is 12.6. The van der Waals surface area contributed by atoms with Crippen molar-refractivity contribution in [1.29, 1.82) is 0 Å². The Morgan fingerprint density at radius 1 is 1.15 bits per heavy atom. The summed E-state index contributed by atoms with van der Waals surface area (Å²) in [5.41, 5.74) is 1.04. The largest absolute Gasteiger partial charge is 0.335 e. The summed E-state index contributed by atoms with van der Waals surface area (Å²) in [5.74, 6) is -0.326. The maximum absolute atomic E-state index is 12.4. The Kier molecular flexibility index (Phi) is 6.12. The van der Waals surface area contributed by atoms with Crippen LogP contribution in [0.5, 0.6) is 0 Å². The van der Waals surface area contributed by atoms with Crippen molar-refractivity contribution in [3.05, 3.63) is 75.8 Å². The molecule has 0 aliphatic heterocycles. The van der Waals surface area contributed by atoms with Crippen molar-refractivity contribution in [3.8, 4) is 0 Å². The lowest BCUT2D eigenvalue weighted by Crippen LogP contribution is -2.28. The molecule has 0 fully saturated rings. The molecular weight excluding hydrogens is 368 g/mol. The first-order valence-electron chi connectivity index (χ1n) is 8.09. The molecule has 2 aromatic rings. The monoisotopic (exact) mass is 388 g/mol. The fourth-order valence-electron chi connectivity index (χ4n) is 2.48. The number of carbonyl (C=O) groups is 1. The maximum Gasteiger partial charge on any atom is 0.276 e. The van der Waals surface area contributed by atoms with Crippen LogP contribution in [0.15, 0.2) is 59.5 Å². The summed E-state index contributed by atoms with van der Waals surface area (Å²) < 4.78 is 23.1. The van der Waals surface area contributed by atoms with Gasteiger partial charge in [0.1, 0.15) is 0 Å². The van der Waals surface area contributed by atoms with E-state index in [1.54, 1.807) is 37.4 Å². The fourth-order valence-corrected chi connectivity index (χ4v) is 3.11. The highest BCUT2D eigenvalue weighted by molar-refractivity contribution is 7.90. The molecule has 1 atom stereocenters. The molecule has 0 spiro atoms. The second kappa shape index (κ2) is 8.13. The molecule has 8 heteroatoms. The van der Waals surface area contributed by atoms with Gasteiger partial charge in [0, 0.05) is 25.4 Å². The summed E-state index contributed by atoms with van der Waals surface area (Å²) in [7, 11) is -1.67. The van der Waals surface area contributed by atoms with E-state index in [0.717, 1.165) is 11.8 Å². The molecule has 0 radical (unpaired) electrons. The predicted octanol–water partition coefficient (Wildman–Crippen LogP) is 3.23. The highest BCUT2D eigenvalue weighted by Gasteiger charge is 2.17. The maximum atomic E-state index is 12.4. The zero-order valence-electron chi connectivity index (χ0n) is 15.2. The van der Waals surface area contributed by atoms with E-state index in [9.17, 15) is 23.3 Å². The lowest BCUT2D eigenvalue weighted by atomic mass is 10.1. The third kappa shape index (κ3) is 5.01. The molecule has 0 aromatic heterocycles. The molecule has 2 aromatic carbocycles. The van der Waals surface area contributed by atoms with Crippen molar-refractivity contribution >= 4 is 27.5 Å². The van der Waals surface area contributed by atoms with Crippen molar-refractivity contribution in [1.82, 2.24) is 4.90 Å². The van der Waals surface area contributed by atoms with Crippen molar-refractivity contribution in [3.63, 3.8) is 0 Å². The topological polar surface area (TPSA) is 97.6 Å². The summed E-state index contributed by atoms with van der Waals surface area (Å²) >= 11 is 0. The third-order valence-corrected chi connectivity index (χ3v) is 5.39. The number of sulfone groups is 1. The van der Waals surface area contributed by atoms with E-state index in [2.05, 4.69) is 0 Å². The van der Waals surface area contributed by atoms with Gasteiger partial charge in [-0.2, -0.15) is 0 Å². The Balaban J connectivity index is 2.16. The SMILES string of the molecule is CC(c1ccc(S(C)(=O)=O)cc1)N(C)C(=O)C=Cc1ccccc1[N+](=O)[O-]. The van der Waals surface area contributed by atoms with Crippen LogP contribution in [0.25, 0.3) is 6.08 Å². The molecule has 27 heavy (non-hydrogen) atoms. The van der Waals surface area contributed by atoms with Crippen LogP contribution in [0.2, 0.25) is 0 Å². The second-order valence-electron chi connectivity index (χ2n) is 6.12. The van der Waals surface area contributed by atoms with E-state index in [1.165, 1.54) is 35.3 Å². The lowest BCUT2D eigenvalue weighted by Gasteiger charge is -2.24. The predicted molar refractivity (Wildman–Crippen MR) is 103 cm³/mol. The average molecular weight is 388 g/mol. The van der Waals surface area contributed by atoms with Crippen LogP contribution >= 0.6 is 0 Å². The Bertz CT molecular complexity index is 981. The summed E-state index contributed by atoms with van der Waals surface area (Å²) in [5, 5.41) is 11.0. The summed E-state index contributed by atoms with van der Waals surface area (Å²) in [6.45, 7) is 1.81. The van der Waals surface area contributed by atoms with E-state index in [4.69, 9.17) is 0 Å². The van der Waals surface area contributed by atoms with Gasteiger partial charge >= 0.3 is 0 Å². The smallest absolute Gasteiger partial charge is 0.276 e.